The smallest absolute Gasteiger partial charge is 0.166 e. The van der Waals surface area contributed by atoms with Crippen molar-refractivity contribution in [2.45, 2.75) is 63.2 Å². The number of carbonyl (C=O) groups excluding carboxylic acids is 2. The molecule has 4 nitrogen and oxygen atoms in total. The van der Waals surface area contributed by atoms with Crippen molar-refractivity contribution < 1.29 is 9.59 Å². The number of Topliss-reactive ketones (excluding diaryl/α,β-unsaturated/α-hetero) is 2. The van der Waals surface area contributed by atoms with E-state index in [2.05, 4.69) is 142 Å². The standard InChI is InChI=1S/C56H42N2O2/c59-55-35-18-14-33(15-19-35)41-27-44-46-25-38(26-47-45-28-42-34-16-20-36(21-17-34)56(60)49(42)30-53(45)58(54(46)47)52(44)29-48(41)55)32-12-10-31(11-13-32)37-22-23-51-43(24-37)40-8-4-5-9-50(40)57(51)39-6-2-1-3-7-39/h1-13,22-30,33-36H,14-21H2. The maximum atomic E-state index is 14.1. The zero-order chi connectivity index (χ0) is 39.4. The summed E-state index contributed by atoms with van der Waals surface area (Å²) in [7, 11) is 0. The van der Waals surface area contributed by atoms with Crippen LogP contribution in [0, 0.1) is 11.8 Å². The molecule has 4 bridgehead atoms. The van der Waals surface area contributed by atoms with Crippen molar-refractivity contribution in [2.75, 3.05) is 0 Å². The zero-order valence-corrected chi connectivity index (χ0v) is 33.4. The molecule has 10 aromatic rings. The molecule has 0 saturated heterocycles. The summed E-state index contributed by atoms with van der Waals surface area (Å²) in [6.45, 7) is 0. The van der Waals surface area contributed by atoms with Gasteiger partial charge in [0.05, 0.1) is 27.6 Å². The Balaban J connectivity index is 0.960. The molecule has 16 rings (SSSR count). The molecule has 6 aliphatic rings. The van der Waals surface area contributed by atoms with Crippen molar-refractivity contribution in [3.63, 3.8) is 0 Å². The van der Waals surface area contributed by atoms with Gasteiger partial charge in [-0.25, -0.2) is 0 Å². The second-order valence-electron chi connectivity index (χ2n) is 18.5. The lowest BCUT2D eigenvalue weighted by Crippen LogP contribution is -2.15. The Bertz CT molecular complexity index is 3350. The largest absolute Gasteiger partial charge is 0.309 e. The Morgan fingerprint density at radius 2 is 0.833 bits per heavy atom. The first-order chi connectivity index (χ1) is 29.6. The Morgan fingerprint density at radius 3 is 1.43 bits per heavy atom. The molecule has 3 aromatic heterocycles. The highest BCUT2D eigenvalue weighted by atomic mass is 16.1. The average Bonchev–Trinajstić information content (AvgIpc) is 3.81. The lowest BCUT2D eigenvalue weighted by Gasteiger charge is -2.22. The molecule has 2 saturated carbocycles. The van der Waals surface area contributed by atoms with E-state index in [1.54, 1.807) is 0 Å². The van der Waals surface area contributed by atoms with Gasteiger partial charge in [0, 0.05) is 61.0 Å². The fraction of sp³-hybridized carbons (Fsp3) is 0.214. The SMILES string of the molecule is O=C1c2cc3c(cc2C2CCC1CC2)c1cc(-c2ccc(-c4ccc5c(c4)c4ccccc4n5-c4ccccc4)cc2)cc2c4cc5c(cc4n3c12)C(=O)C1CCC5CC1. The number of aromatic nitrogens is 2. The van der Waals surface area contributed by atoms with Gasteiger partial charge < -0.3 is 8.97 Å². The summed E-state index contributed by atoms with van der Waals surface area (Å²) < 4.78 is 4.78. The van der Waals surface area contributed by atoms with Crippen molar-refractivity contribution >= 4 is 71.5 Å². The van der Waals surface area contributed by atoms with Crippen molar-refractivity contribution in [3.8, 4) is 27.9 Å². The van der Waals surface area contributed by atoms with Gasteiger partial charge in [-0.1, -0.05) is 66.7 Å². The zero-order valence-electron chi connectivity index (χ0n) is 33.4. The van der Waals surface area contributed by atoms with Gasteiger partial charge in [-0.2, -0.15) is 0 Å². The van der Waals surface area contributed by atoms with Crippen molar-refractivity contribution in [1.29, 1.82) is 0 Å². The second kappa shape index (κ2) is 12.0. The number of nitrogens with zero attached hydrogens (tertiary/aromatic N) is 2. The molecule has 0 aliphatic heterocycles. The van der Waals surface area contributed by atoms with Gasteiger partial charge in [0.1, 0.15) is 0 Å². The van der Waals surface area contributed by atoms with Crippen LogP contribution in [0.25, 0.3) is 87.8 Å². The Kier molecular flexibility index (Phi) is 6.69. The van der Waals surface area contributed by atoms with Crippen LogP contribution in [0.2, 0.25) is 0 Å². The third kappa shape index (κ3) is 4.46. The van der Waals surface area contributed by atoms with Crippen LogP contribution in [-0.2, 0) is 0 Å². The first-order valence-electron chi connectivity index (χ1n) is 22.2. The molecule has 4 heteroatoms. The van der Waals surface area contributed by atoms with Gasteiger partial charge in [0.25, 0.3) is 0 Å². The molecule has 2 fully saturated rings. The molecule has 3 heterocycles. The molecule has 0 radical (unpaired) electrons. The van der Waals surface area contributed by atoms with E-state index in [4.69, 9.17) is 0 Å². The molecule has 0 atom stereocenters. The predicted molar refractivity (Wildman–Crippen MR) is 244 cm³/mol. The second-order valence-corrected chi connectivity index (χ2v) is 18.5. The summed E-state index contributed by atoms with van der Waals surface area (Å²) in [6, 6.07) is 49.4. The normalized spacial score (nSPS) is 21.2. The van der Waals surface area contributed by atoms with Gasteiger partial charge in [-0.05, 0) is 163 Å². The summed E-state index contributed by atoms with van der Waals surface area (Å²) in [4.78, 5) is 28.1. The summed E-state index contributed by atoms with van der Waals surface area (Å²) >= 11 is 0. The number of ketones is 2. The topological polar surface area (TPSA) is 43.5 Å². The lowest BCUT2D eigenvalue weighted by molar-refractivity contribution is 0.0891. The summed E-state index contributed by atoms with van der Waals surface area (Å²) in [6.07, 6.45) is 8.37. The van der Waals surface area contributed by atoms with E-state index >= 15 is 0 Å². The van der Waals surface area contributed by atoms with Crippen LogP contribution in [0.5, 0.6) is 0 Å². The molecule has 60 heavy (non-hydrogen) atoms. The average molecular weight is 775 g/mol. The van der Waals surface area contributed by atoms with Crippen LogP contribution < -0.4 is 0 Å². The fourth-order valence-electron chi connectivity index (χ4n) is 12.6. The fourth-order valence-corrected chi connectivity index (χ4v) is 12.6. The minimum absolute atomic E-state index is 0.140. The highest BCUT2D eigenvalue weighted by Crippen LogP contribution is 2.50. The number of rotatable bonds is 3. The molecule has 0 amide bonds. The van der Waals surface area contributed by atoms with E-state index in [9.17, 15) is 9.59 Å². The number of hydrogen-bond acceptors (Lipinski definition) is 2. The molecule has 288 valence electrons. The molecular formula is C56H42N2O2. The quantitative estimate of drug-likeness (QED) is 0.179. The molecule has 7 aromatic carbocycles. The van der Waals surface area contributed by atoms with E-state index in [1.165, 1.54) is 87.9 Å². The summed E-state index contributed by atoms with van der Waals surface area (Å²) in [5, 5.41) is 7.40. The van der Waals surface area contributed by atoms with Crippen LogP contribution in [0.3, 0.4) is 0 Å². The molecule has 0 spiro atoms. The van der Waals surface area contributed by atoms with Crippen LogP contribution in [0.15, 0.2) is 133 Å². The van der Waals surface area contributed by atoms with Gasteiger partial charge in [-0.15, -0.1) is 0 Å². The molecule has 6 aliphatic carbocycles. The molecule has 0 N–H and O–H groups in total. The molecular weight excluding hydrogens is 733 g/mol. The van der Waals surface area contributed by atoms with E-state index in [0.717, 1.165) is 73.5 Å². The summed E-state index contributed by atoms with van der Waals surface area (Å²) in [5.41, 5.74) is 16.1. The van der Waals surface area contributed by atoms with Crippen LogP contribution in [0.4, 0.5) is 0 Å². The highest BCUT2D eigenvalue weighted by Gasteiger charge is 2.38. The number of para-hydroxylation sites is 2. The number of carbonyl (C=O) groups is 2. The van der Waals surface area contributed by atoms with Crippen LogP contribution >= 0.6 is 0 Å². The minimum Gasteiger partial charge on any atom is -0.309 e. The third-order valence-corrected chi connectivity index (χ3v) is 15.6. The third-order valence-electron chi connectivity index (χ3n) is 15.6. The van der Waals surface area contributed by atoms with Crippen molar-refractivity contribution in [3.05, 3.63) is 156 Å². The van der Waals surface area contributed by atoms with Crippen molar-refractivity contribution in [2.24, 2.45) is 11.8 Å². The van der Waals surface area contributed by atoms with E-state index in [0.29, 0.717) is 23.4 Å². The lowest BCUT2D eigenvalue weighted by atomic mass is 9.82. The first-order valence-corrected chi connectivity index (χ1v) is 22.2. The van der Waals surface area contributed by atoms with Gasteiger partial charge in [-0.3, -0.25) is 9.59 Å². The molecule has 0 unspecified atom stereocenters. The van der Waals surface area contributed by atoms with Gasteiger partial charge >= 0.3 is 0 Å². The van der Waals surface area contributed by atoms with E-state index < -0.39 is 0 Å². The number of hydrogen-bond donors (Lipinski definition) is 0. The Hall–Kier alpha value is -6.52. The van der Waals surface area contributed by atoms with Gasteiger partial charge in [0.2, 0.25) is 0 Å². The van der Waals surface area contributed by atoms with Crippen molar-refractivity contribution in [1.82, 2.24) is 8.97 Å². The number of benzene rings is 7. The van der Waals surface area contributed by atoms with Gasteiger partial charge in [0.15, 0.2) is 11.6 Å². The minimum atomic E-state index is 0.140. The maximum absolute atomic E-state index is 14.1. The summed E-state index contributed by atoms with van der Waals surface area (Å²) in [5.74, 6) is 1.82. The highest BCUT2D eigenvalue weighted by molar-refractivity contribution is 6.26. The Labute approximate surface area is 347 Å². The Morgan fingerprint density at radius 1 is 0.367 bits per heavy atom. The maximum Gasteiger partial charge on any atom is 0.166 e. The predicted octanol–water partition coefficient (Wildman–Crippen LogP) is 14.2. The van der Waals surface area contributed by atoms with Crippen LogP contribution in [-0.4, -0.2) is 20.5 Å². The number of fused-ring (bicyclic) bond motifs is 13. The first kappa shape index (κ1) is 33.3. The van der Waals surface area contributed by atoms with E-state index in [1.807, 2.05) is 0 Å². The monoisotopic (exact) mass is 774 g/mol. The van der Waals surface area contributed by atoms with Crippen LogP contribution in [0.1, 0.15) is 95.0 Å². The van der Waals surface area contributed by atoms with E-state index in [-0.39, 0.29) is 11.8 Å².